The van der Waals surface area contributed by atoms with Crippen LogP contribution in [0.3, 0.4) is 0 Å². The Kier molecular flexibility index (Phi) is 4.91. The van der Waals surface area contributed by atoms with Gasteiger partial charge in [-0.25, -0.2) is 0 Å². The summed E-state index contributed by atoms with van der Waals surface area (Å²) in [5.41, 5.74) is 1.67. The topological polar surface area (TPSA) is 45.2 Å². The lowest BCUT2D eigenvalue weighted by Crippen LogP contribution is -2.33. The van der Waals surface area contributed by atoms with Gasteiger partial charge >= 0.3 is 0 Å². The van der Waals surface area contributed by atoms with E-state index >= 15 is 0 Å². The third kappa shape index (κ3) is 4.03. The van der Waals surface area contributed by atoms with Crippen LogP contribution in [-0.2, 0) is 0 Å². The normalized spacial score (nSPS) is 15.9. The number of carbonyl (C=O) groups is 1. The maximum absolute atomic E-state index is 12.0. The van der Waals surface area contributed by atoms with Gasteiger partial charge in [-0.15, -0.1) is 0 Å². The van der Waals surface area contributed by atoms with Crippen LogP contribution >= 0.6 is 0 Å². The Labute approximate surface area is 115 Å². The highest BCUT2D eigenvalue weighted by Gasteiger charge is 2.12. The van der Waals surface area contributed by atoms with Crippen LogP contribution in [0.4, 0.5) is 0 Å². The summed E-state index contributed by atoms with van der Waals surface area (Å²) in [6.45, 7) is 8.20. The van der Waals surface area contributed by atoms with Crippen LogP contribution in [0.15, 0.2) is 18.3 Å². The van der Waals surface area contributed by atoms with Gasteiger partial charge in [0, 0.05) is 19.3 Å². The molecule has 0 radical (unpaired) electrons. The van der Waals surface area contributed by atoms with Gasteiger partial charge in [-0.2, -0.15) is 0 Å². The van der Waals surface area contributed by atoms with Gasteiger partial charge in [-0.05, 0) is 49.5 Å². The standard InChI is InChI=1S/C15H23N3O/c1-12(2)13-5-6-16-14(11-13)15(19)17-7-10-18-8-3-4-9-18/h5-6,11-12H,3-4,7-10H2,1-2H3,(H,17,19). The first-order valence-corrected chi connectivity index (χ1v) is 7.13. The second-order valence-corrected chi connectivity index (χ2v) is 5.43. The number of nitrogens with zero attached hydrogens (tertiary/aromatic N) is 2. The third-order valence-corrected chi connectivity index (χ3v) is 3.60. The van der Waals surface area contributed by atoms with Crippen molar-refractivity contribution in [2.45, 2.75) is 32.6 Å². The molecule has 4 nitrogen and oxygen atoms in total. The van der Waals surface area contributed by atoms with Gasteiger partial charge in [0.25, 0.3) is 5.91 Å². The van der Waals surface area contributed by atoms with E-state index in [2.05, 4.69) is 29.0 Å². The van der Waals surface area contributed by atoms with Crippen LogP contribution in [-0.4, -0.2) is 42.0 Å². The minimum Gasteiger partial charge on any atom is -0.349 e. The van der Waals surface area contributed by atoms with E-state index in [1.807, 2.05) is 12.1 Å². The molecule has 0 bridgehead atoms. The summed E-state index contributed by atoms with van der Waals surface area (Å²) in [6.07, 6.45) is 4.28. The summed E-state index contributed by atoms with van der Waals surface area (Å²) in [5.74, 6) is 0.348. The Hall–Kier alpha value is -1.42. The average Bonchev–Trinajstić information content (AvgIpc) is 2.92. The van der Waals surface area contributed by atoms with E-state index in [9.17, 15) is 4.79 Å². The second kappa shape index (κ2) is 6.66. The van der Waals surface area contributed by atoms with Crippen LogP contribution in [0.1, 0.15) is 48.7 Å². The quantitative estimate of drug-likeness (QED) is 0.882. The van der Waals surface area contributed by atoms with Gasteiger partial charge < -0.3 is 10.2 Å². The number of hydrogen-bond acceptors (Lipinski definition) is 3. The monoisotopic (exact) mass is 261 g/mol. The van der Waals surface area contributed by atoms with Crippen molar-refractivity contribution in [1.29, 1.82) is 0 Å². The molecule has 0 atom stereocenters. The Morgan fingerprint density at radius 2 is 2.16 bits per heavy atom. The number of nitrogens with one attached hydrogen (secondary N) is 1. The molecule has 0 aliphatic carbocycles. The molecule has 1 aromatic heterocycles. The highest BCUT2D eigenvalue weighted by Crippen LogP contribution is 2.13. The Bertz CT molecular complexity index is 425. The first kappa shape index (κ1) is 14.0. The van der Waals surface area contributed by atoms with Crippen LogP contribution in [0.2, 0.25) is 0 Å². The molecule has 19 heavy (non-hydrogen) atoms. The summed E-state index contributed by atoms with van der Waals surface area (Å²) in [5, 5.41) is 2.95. The lowest BCUT2D eigenvalue weighted by atomic mass is 10.0. The van der Waals surface area contributed by atoms with Crippen molar-refractivity contribution in [3.05, 3.63) is 29.6 Å². The van der Waals surface area contributed by atoms with E-state index in [0.717, 1.165) is 25.2 Å². The summed E-state index contributed by atoms with van der Waals surface area (Å²) in [6, 6.07) is 3.85. The molecule has 0 saturated carbocycles. The molecule has 0 aromatic carbocycles. The van der Waals surface area contributed by atoms with Gasteiger partial charge in [0.05, 0.1) is 0 Å². The molecule has 1 amide bonds. The third-order valence-electron chi connectivity index (χ3n) is 3.60. The van der Waals surface area contributed by atoms with Gasteiger partial charge in [-0.3, -0.25) is 9.78 Å². The van der Waals surface area contributed by atoms with E-state index in [0.29, 0.717) is 18.2 Å². The summed E-state index contributed by atoms with van der Waals surface area (Å²) in [7, 11) is 0. The Morgan fingerprint density at radius 3 is 2.84 bits per heavy atom. The van der Waals surface area contributed by atoms with E-state index in [4.69, 9.17) is 0 Å². The molecule has 104 valence electrons. The maximum atomic E-state index is 12.0. The predicted molar refractivity (Wildman–Crippen MR) is 76.3 cm³/mol. The zero-order chi connectivity index (χ0) is 13.7. The van der Waals surface area contributed by atoms with Gasteiger partial charge in [0.1, 0.15) is 5.69 Å². The first-order valence-electron chi connectivity index (χ1n) is 7.13. The van der Waals surface area contributed by atoms with Crippen molar-refractivity contribution >= 4 is 5.91 Å². The van der Waals surface area contributed by atoms with Crippen LogP contribution in [0.5, 0.6) is 0 Å². The fourth-order valence-electron chi connectivity index (χ4n) is 2.35. The predicted octanol–water partition coefficient (Wildman–Crippen LogP) is 2.03. The number of pyridine rings is 1. The lowest BCUT2D eigenvalue weighted by molar-refractivity contribution is 0.0944. The molecule has 1 aliphatic heterocycles. The molecule has 1 N–H and O–H groups in total. The number of likely N-dealkylation sites (tertiary alicyclic amines) is 1. The lowest BCUT2D eigenvalue weighted by Gasteiger charge is -2.14. The molecule has 1 aliphatic rings. The highest BCUT2D eigenvalue weighted by atomic mass is 16.1. The van der Waals surface area contributed by atoms with E-state index < -0.39 is 0 Å². The number of rotatable bonds is 5. The average molecular weight is 261 g/mol. The zero-order valence-electron chi connectivity index (χ0n) is 11.9. The first-order chi connectivity index (χ1) is 9.16. The van der Waals surface area contributed by atoms with Crippen molar-refractivity contribution in [1.82, 2.24) is 15.2 Å². The summed E-state index contributed by atoms with van der Waals surface area (Å²) < 4.78 is 0. The number of aromatic nitrogens is 1. The van der Waals surface area contributed by atoms with Crippen molar-refractivity contribution < 1.29 is 4.79 Å². The fraction of sp³-hybridized carbons (Fsp3) is 0.600. The fourth-order valence-corrected chi connectivity index (χ4v) is 2.35. The minimum atomic E-state index is -0.0679. The number of carbonyl (C=O) groups excluding carboxylic acids is 1. The molecular formula is C15H23N3O. The highest BCUT2D eigenvalue weighted by molar-refractivity contribution is 5.92. The molecular weight excluding hydrogens is 238 g/mol. The van der Waals surface area contributed by atoms with E-state index in [1.165, 1.54) is 12.8 Å². The largest absolute Gasteiger partial charge is 0.349 e. The SMILES string of the molecule is CC(C)c1ccnc(C(=O)NCCN2CCCC2)c1. The number of hydrogen-bond donors (Lipinski definition) is 1. The molecule has 2 heterocycles. The van der Waals surface area contributed by atoms with Crippen molar-refractivity contribution in [2.24, 2.45) is 0 Å². The molecule has 2 rings (SSSR count). The van der Waals surface area contributed by atoms with E-state index in [1.54, 1.807) is 6.20 Å². The molecule has 1 fully saturated rings. The van der Waals surface area contributed by atoms with Gasteiger partial charge in [0.15, 0.2) is 0 Å². The molecule has 0 spiro atoms. The van der Waals surface area contributed by atoms with Crippen LogP contribution in [0, 0.1) is 0 Å². The molecule has 1 saturated heterocycles. The van der Waals surface area contributed by atoms with Crippen molar-refractivity contribution in [3.63, 3.8) is 0 Å². The van der Waals surface area contributed by atoms with Crippen LogP contribution < -0.4 is 5.32 Å². The minimum absolute atomic E-state index is 0.0679. The van der Waals surface area contributed by atoms with Crippen LogP contribution in [0.25, 0.3) is 0 Å². The Balaban J connectivity index is 1.83. The van der Waals surface area contributed by atoms with Gasteiger partial charge in [-0.1, -0.05) is 13.8 Å². The Morgan fingerprint density at radius 1 is 1.42 bits per heavy atom. The van der Waals surface area contributed by atoms with Crippen molar-refractivity contribution in [3.8, 4) is 0 Å². The number of amides is 1. The summed E-state index contributed by atoms with van der Waals surface area (Å²) >= 11 is 0. The molecule has 1 aromatic rings. The smallest absolute Gasteiger partial charge is 0.269 e. The maximum Gasteiger partial charge on any atom is 0.269 e. The van der Waals surface area contributed by atoms with E-state index in [-0.39, 0.29) is 5.91 Å². The van der Waals surface area contributed by atoms with Gasteiger partial charge in [0.2, 0.25) is 0 Å². The van der Waals surface area contributed by atoms with Crippen molar-refractivity contribution in [2.75, 3.05) is 26.2 Å². The second-order valence-electron chi connectivity index (χ2n) is 5.43. The zero-order valence-corrected chi connectivity index (χ0v) is 11.9. The molecule has 4 heteroatoms. The summed E-state index contributed by atoms with van der Waals surface area (Å²) in [4.78, 5) is 18.5. The molecule has 0 unspecified atom stereocenters.